The fraction of sp³-hybridized carbons (Fsp3) is 0.0833. The Morgan fingerprint density at radius 2 is 1.93 bits per heavy atom. The maximum atomic E-state index is 10.6. The summed E-state index contributed by atoms with van der Waals surface area (Å²) in [6.07, 6.45) is 0. The number of aromatic carboxylic acids is 1. The summed E-state index contributed by atoms with van der Waals surface area (Å²) in [5.74, 6) is -1.13. The second-order valence-corrected chi connectivity index (χ2v) is 3.30. The summed E-state index contributed by atoms with van der Waals surface area (Å²) in [6, 6.07) is 10.9. The third kappa shape index (κ3) is 2.37. The molecular formula is C12H9HgO2. The molecule has 2 nitrogen and oxygen atoms in total. The van der Waals surface area contributed by atoms with E-state index < -0.39 is 5.97 Å². The molecule has 0 aliphatic carbocycles. The van der Waals surface area contributed by atoms with E-state index in [0.717, 1.165) is 16.3 Å². The van der Waals surface area contributed by atoms with Gasteiger partial charge in [-0.15, -0.1) is 0 Å². The summed E-state index contributed by atoms with van der Waals surface area (Å²) < 4.78 is 0. The van der Waals surface area contributed by atoms with E-state index in [-0.39, 0.29) is 33.2 Å². The van der Waals surface area contributed by atoms with Crippen LogP contribution in [-0.2, 0) is 27.7 Å². The molecule has 0 atom stereocenters. The molecule has 0 aromatic heterocycles. The van der Waals surface area contributed by atoms with Gasteiger partial charge in [0.05, 0.1) is 5.97 Å². The van der Waals surface area contributed by atoms with E-state index in [9.17, 15) is 9.90 Å². The Morgan fingerprint density at radius 1 is 1.20 bits per heavy atom. The molecule has 0 aliphatic heterocycles. The van der Waals surface area contributed by atoms with Gasteiger partial charge in [-0.25, -0.2) is 0 Å². The molecule has 0 N–H and O–H groups in total. The van der Waals surface area contributed by atoms with Crippen molar-refractivity contribution in [3.05, 3.63) is 47.5 Å². The molecule has 2 aromatic carbocycles. The summed E-state index contributed by atoms with van der Waals surface area (Å²) in [5.41, 5.74) is 1.30. The summed E-state index contributed by atoms with van der Waals surface area (Å²) >= 11 is 0. The maximum absolute atomic E-state index is 10.6. The third-order valence-corrected chi connectivity index (χ3v) is 2.34. The van der Waals surface area contributed by atoms with Crippen LogP contribution in [0.4, 0.5) is 0 Å². The molecule has 0 amide bonds. The molecule has 0 heterocycles. The summed E-state index contributed by atoms with van der Waals surface area (Å²) in [7, 11) is 0. The Kier molecular flexibility index (Phi) is 3.86. The van der Waals surface area contributed by atoms with Crippen molar-refractivity contribution in [3.8, 4) is 0 Å². The standard InChI is InChI=1S/C12H10O2.Hg/c1-8-3-2-4-9-5-6-10(12(13)14)7-11(8)9;/h2-7H,1H3,(H,13,14);/q;+1/p-1. The topological polar surface area (TPSA) is 40.1 Å². The Labute approximate surface area is 108 Å². The minimum atomic E-state index is -1.13. The molecule has 15 heavy (non-hydrogen) atoms. The molecular weight excluding hydrogens is 377 g/mol. The van der Waals surface area contributed by atoms with E-state index in [1.165, 1.54) is 0 Å². The molecule has 0 aliphatic rings. The first-order valence-electron chi connectivity index (χ1n) is 4.39. The number of hydrogen-bond acceptors (Lipinski definition) is 2. The third-order valence-electron chi connectivity index (χ3n) is 2.34. The monoisotopic (exact) mass is 387 g/mol. The largest absolute Gasteiger partial charge is 1.00 e. The fourth-order valence-electron chi connectivity index (χ4n) is 1.56. The molecule has 3 heteroatoms. The van der Waals surface area contributed by atoms with Crippen LogP contribution in [0.1, 0.15) is 15.9 Å². The number of rotatable bonds is 1. The average Bonchev–Trinajstić information content (AvgIpc) is 2.18. The van der Waals surface area contributed by atoms with Gasteiger partial charge in [0, 0.05) is 0 Å². The van der Waals surface area contributed by atoms with Crippen LogP contribution in [0, 0.1) is 6.92 Å². The van der Waals surface area contributed by atoms with Gasteiger partial charge in [0.2, 0.25) is 0 Å². The fourth-order valence-corrected chi connectivity index (χ4v) is 1.56. The van der Waals surface area contributed by atoms with Crippen LogP contribution < -0.4 is 5.11 Å². The van der Waals surface area contributed by atoms with Crippen LogP contribution in [0.2, 0.25) is 0 Å². The first-order chi connectivity index (χ1) is 6.68. The predicted molar refractivity (Wildman–Crippen MR) is 53.0 cm³/mol. The van der Waals surface area contributed by atoms with Gasteiger partial charge in [-0.3, -0.25) is 0 Å². The maximum Gasteiger partial charge on any atom is 1.00 e. The number of aryl methyl sites for hydroxylation is 1. The zero-order chi connectivity index (χ0) is 10.1. The number of benzene rings is 2. The zero-order valence-electron chi connectivity index (χ0n) is 8.49. The predicted octanol–water partition coefficient (Wildman–Crippen LogP) is 1.51. The van der Waals surface area contributed by atoms with E-state index in [4.69, 9.17) is 0 Å². The molecule has 1 radical (unpaired) electrons. The minimum absolute atomic E-state index is 0. The van der Waals surface area contributed by atoms with Crippen molar-refractivity contribution in [2.75, 3.05) is 0 Å². The number of carboxylic acid groups (broad SMARTS) is 1. The Morgan fingerprint density at radius 3 is 2.60 bits per heavy atom. The number of carbonyl (C=O) groups is 1. The molecule has 0 bridgehead atoms. The van der Waals surface area contributed by atoms with E-state index in [1.807, 2.05) is 25.1 Å². The van der Waals surface area contributed by atoms with Crippen molar-refractivity contribution in [2.45, 2.75) is 6.92 Å². The van der Waals surface area contributed by atoms with Gasteiger partial charge < -0.3 is 9.90 Å². The Hall–Kier alpha value is -0.895. The van der Waals surface area contributed by atoms with E-state index >= 15 is 0 Å². The molecule has 0 saturated heterocycles. The van der Waals surface area contributed by atoms with Crippen LogP contribution in [0.15, 0.2) is 36.4 Å². The first kappa shape index (κ1) is 12.2. The summed E-state index contributed by atoms with van der Waals surface area (Å²) in [4.78, 5) is 10.6. The van der Waals surface area contributed by atoms with Crippen molar-refractivity contribution < 1.29 is 37.6 Å². The average molecular weight is 386 g/mol. The summed E-state index contributed by atoms with van der Waals surface area (Å²) in [6.45, 7) is 1.96. The van der Waals surface area contributed by atoms with Crippen LogP contribution >= 0.6 is 0 Å². The van der Waals surface area contributed by atoms with Crippen molar-refractivity contribution in [3.63, 3.8) is 0 Å². The van der Waals surface area contributed by atoms with Gasteiger partial charge in [0.15, 0.2) is 0 Å². The molecule has 0 saturated carbocycles. The van der Waals surface area contributed by atoms with Crippen LogP contribution in [-0.4, -0.2) is 5.97 Å². The van der Waals surface area contributed by atoms with Crippen molar-refractivity contribution in [1.82, 2.24) is 0 Å². The SMILES string of the molecule is Cc1cccc2ccc(C(=O)[O-])cc12.[Hg+]. The molecule has 2 aromatic rings. The molecule has 0 unspecified atom stereocenters. The first-order valence-corrected chi connectivity index (χ1v) is 4.39. The van der Waals surface area contributed by atoms with Crippen LogP contribution in [0.5, 0.6) is 0 Å². The number of hydrogen-bond donors (Lipinski definition) is 0. The van der Waals surface area contributed by atoms with Crippen molar-refractivity contribution in [2.24, 2.45) is 0 Å². The van der Waals surface area contributed by atoms with Gasteiger partial charge >= 0.3 is 27.7 Å². The van der Waals surface area contributed by atoms with E-state index in [1.54, 1.807) is 18.2 Å². The second kappa shape index (κ2) is 4.75. The molecule has 2 rings (SSSR count). The van der Waals surface area contributed by atoms with Gasteiger partial charge in [-0.2, -0.15) is 0 Å². The summed E-state index contributed by atoms with van der Waals surface area (Å²) in [5, 5.41) is 12.7. The van der Waals surface area contributed by atoms with E-state index in [2.05, 4.69) is 0 Å². The van der Waals surface area contributed by atoms with Crippen molar-refractivity contribution in [1.29, 1.82) is 0 Å². The molecule has 71 valence electrons. The number of carboxylic acids is 1. The van der Waals surface area contributed by atoms with Crippen LogP contribution in [0.25, 0.3) is 10.8 Å². The zero-order valence-corrected chi connectivity index (χ0v) is 14.0. The number of fused-ring (bicyclic) bond motifs is 1. The van der Waals surface area contributed by atoms with Crippen molar-refractivity contribution >= 4 is 16.7 Å². The normalized spacial score (nSPS) is 9.67. The quantitative estimate of drug-likeness (QED) is 0.698. The minimum Gasteiger partial charge on any atom is -0.545 e. The van der Waals surface area contributed by atoms with E-state index in [0.29, 0.717) is 0 Å². The van der Waals surface area contributed by atoms with Gasteiger partial charge in [-0.05, 0) is 34.9 Å². The van der Waals surface area contributed by atoms with Gasteiger partial charge in [0.25, 0.3) is 0 Å². The molecule has 0 fully saturated rings. The number of carbonyl (C=O) groups excluding carboxylic acids is 1. The smallest absolute Gasteiger partial charge is 0.545 e. The Bertz CT molecular complexity index is 506. The Balaban J connectivity index is 0.00000112. The van der Waals surface area contributed by atoms with Gasteiger partial charge in [-0.1, -0.05) is 30.3 Å². The molecule has 0 spiro atoms. The van der Waals surface area contributed by atoms with Crippen LogP contribution in [0.3, 0.4) is 0 Å². The second-order valence-electron chi connectivity index (χ2n) is 3.30. The van der Waals surface area contributed by atoms with Gasteiger partial charge in [0.1, 0.15) is 0 Å².